The molecule has 1 amide bonds. The number of benzene rings is 2. The van der Waals surface area contributed by atoms with E-state index in [-0.39, 0.29) is 11.6 Å². The molecule has 1 N–H and O–H groups in total. The number of amides is 1. The fourth-order valence-corrected chi connectivity index (χ4v) is 3.43. The van der Waals surface area contributed by atoms with Gasteiger partial charge in [-0.15, -0.1) is 0 Å². The van der Waals surface area contributed by atoms with Gasteiger partial charge < -0.3 is 15.1 Å². The first-order valence-corrected chi connectivity index (χ1v) is 9.57. The third kappa shape index (κ3) is 4.79. The minimum absolute atomic E-state index is 0.121. The number of carbonyl (C=O) groups is 1. The molecule has 0 aromatic heterocycles. The molecule has 0 saturated carbocycles. The number of nitrogens with one attached hydrogen (secondary N) is 1. The zero-order valence-electron chi connectivity index (χ0n) is 15.7. The number of nitro benzene ring substituents is 1. The van der Waals surface area contributed by atoms with Gasteiger partial charge in [-0.1, -0.05) is 29.8 Å². The van der Waals surface area contributed by atoms with Crippen LogP contribution in [0.5, 0.6) is 0 Å². The van der Waals surface area contributed by atoms with Crippen molar-refractivity contribution in [1.82, 2.24) is 9.80 Å². The van der Waals surface area contributed by atoms with Gasteiger partial charge in [0, 0.05) is 42.8 Å². The van der Waals surface area contributed by atoms with E-state index < -0.39 is 4.92 Å². The molecule has 0 aliphatic carbocycles. The number of anilines is 1. The van der Waals surface area contributed by atoms with Crippen molar-refractivity contribution >= 4 is 28.9 Å². The van der Waals surface area contributed by atoms with E-state index in [0.29, 0.717) is 35.9 Å². The summed E-state index contributed by atoms with van der Waals surface area (Å²) in [5.74, 6) is -0.170. The lowest BCUT2D eigenvalue weighted by atomic mass is 10.1. The Bertz CT molecular complexity index is 874. The molecule has 1 aliphatic rings. The van der Waals surface area contributed by atoms with E-state index >= 15 is 0 Å². The highest BCUT2D eigenvalue weighted by atomic mass is 35.5. The molecule has 1 heterocycles. The first-order valence-electron chi connectivity index (χ1n) is 9.19. The Morgan fingerprint density at radius 3 is 2.71 bits per heavy atom. The number of carbonyl (C=O) groups excluding carboxylic acids is 1. The monoisotopic (exact) mass is 402 g/mol. The maximum Gasteiger partial charge on any atom is 0.293 e. The van der Waals surface area contributed by atoms with Crippen LogP contribution in [0.3, 0.4) is 0 Å². The topological polar surface area (TPSA) is 78.7 Å². The fraction of sp³-hybridized carbons (Fsp3) is 0.350. The summed E-state index contributed by atoms with van der Waals surface area (Å²) in [4.78, 5) is 27.8. The first kappa shape index (κ1) is 20.1. The second-order valence-corrected chi connectivity index (χ2v) is 7.29. The summed E-state index contributed by atoms with van der Waals surface area (Å²) < 4.78 is 0. The van der Waals surface area contributed by atoms with E-state index in [1.165, 1.54) is 6.07 Å². The van der Waals surface area contributed by atoms with Gasteiger partial charge in [-0.2, -0.15) is 0 Å². The zero-order chi connectivity index (χ0) is 20.1. The lowest BCUT2D eigenvalue weighted by molar-refractivity contribution is -0.384. The fourth-order valence-electron chi connectivity index (χ4n) is 3.23. The Hall–Kier alpha value is -2.64. The quantitative estimate of drug-likeness (QED) is 0.610. The molecule has 1 aliphatic heterocycles. The van der Waals surface area contributed by atoms with Gasteiger partial charge >= 0.3 is 0 Å². The van der Waals surface area contributed by atoms with E-state index in [2.05, 4.69) is 10.2 Å². The Morgan fingerprint density at radius 1 is 1.18 bits per heavy atom. The molecule has 8 heteroatoms. The average Bonchev–Trinajstić information content (AvgIpc) is 2.91. The number of hydrogen-bond acceptors (Lipinski definition) is 5. The highest BCUT2D eigenvalue weighted by Crippen LogP contribution is 2.27. The summed E-state index contributed by atoms with van der Waals surface area (Å²) in [5, 5.41) is 15.2. The SMILES string of the molecule is CN1CCCN(C(=O)c2ccc(NCc3ccccc3Cl)c([N+](=O)[O-])c2)CC1. The molecule has 0 atom stereocenters. The van der Waals surface area contributed by atoms with Crippen molar-refractivity contribution in [3.8, 4) is 0 Å². The molecule has 2 aromatic carbocycles. The summed E-state index contributed by atoms with van der Waals surface area (Å²) >= 11 is 6.14. The number of halogens is 1. The van der Waals surface area contributed by atoms with Gasteiger partial charge in [-0.05, 0) is 43.8 Å². The van der Waals surface area contributed by atoms with Gasteiger partial charge in [0.05, 0.1) is 4.92 Å². The molecular formula is C20H23ClN4O3. The van der Waals surface area contributed by atoms with E-state index in [4.69, 9.17) is 11.6 Å². The normalized spacial score (nSPS) is 15.1. The maximum absolute atomic E-state index is 12.8. The first-order chi connectivity index (χ1) is 13.5. The molecule has 0 spiro atoms. The van der Waals surface area contributed by atoms with E-state index in [9.17, 15) is 14.9 Å². The summed E-state index contributed by atoms with van der Waals surface area (Å²) in [7, 11) is 2.03. The molecule has 0 unspecified atom stereocenters. The molecule has 148 valence electrons. The van der Waals surface area contributed by atoms with E-state index in [0.717, 1.165) is 25.1 Å². The van der Waals surface area contributed by atoms with Crippen molar-refractivity contribution in [2.75, 3.05) is 38.5 Å². The number of likely N-dealkylation sites (N-methyl/N-ethyl adjacent to an activating group) is 1. The van der Waals surface area contributed by atoms with Crippen molar-refractivity contribution in [2.45, 2.75) is 13.0 Å². The van der Waals surface area contributed by atoms with Crippen LogP contribution < -0.4 is 5.32 Å². The number of hydrogen-bond donors (Lipinski definition) is 1. The van der Waals surface area contributed by atoms with Crippen LogP contribution in [0, 0.1) is 10.1 Å². The lowest BCUT2D eigenvalue weighted by Crippen LogP contribution is -2.34. The summed E-state index contributed by atoms with van der Waals surface area (Å²) in [6.45, 7) is 3.37. The van der Waals surface area contributed by atoms with Crippen LogP contribution >= 0.6 is 11.6 Å². The van der Waals surface area contributed by atoms with Crippen LogP contribution in [-0.4, -0.2) is 53.9 Å². The van der Waals surface area contributed by atoms with Gasteiger partial charge in [-0.3, -0.25) is 14.9 Å². The van der Waals surface area contributed by atoms with Gasteiger partial charge in [-0.25, -0.2) is 0 Å². The second kappa shape index (κ2) is 9.03. The van der Waals surface area contributed by atoms with Crippen molar-refractivity contribution in [1.29, 1.82) is 0 Å². The van der Waals surface area contributed by atoms with Crippen LogP contribution in [0.2, 0.25) is 5.02 Å². The molecule has 3 rings (SSSR count). The predicted octanol–water partition coefficient (Wildman–Crippen LogP) is 3.64. The average molecular weight is 403 g/mol. The summed E-state index contributed by atoms with van der Waals surface area (Å²) in [6, 6.07) is 11.9. The third-order valence-electron chi connectivity index (χ3n) is 4.88. The molecule has 7 nitrogen and oxygen atoms in total. The number of rotatable bonds is 5. The summed E-state index contributed by atoms with van der Waals surface area (Å²) in [6.07, 6.45) is 0.891. The minimum atomic E-state index is -0.470. The molecule has 0 bridgehead atoms. The standard InChI is InChI=1S/C20H23ClN4O3/c1-23-9-4-10-24(12-11-23)20(26)15-7-8-18(19(13-15)25(27)28)22-14-16-5-2-3-6-17(16)21/h2-3,5-8,13,22H,4,9-12,14H2,1H3. The van der Waals surface area contributed by atoms with Gasteiger partial charge in [0.1, 0.15) is 5.69 Å². The maximum atomic E-state index is 12.8. The number of nitrogens with zero attached hydrogens (tertiary/aromatic N) is 3. The molecule has 2 aromatic rings. The molecule has 0 radical (unpaired) electrons. The Labute approximate surface area is 169 Å². The molecule has 28 heavy (non-hydrogen) atoms. The highest BCUT2D eigenvalue weighted by Gasteiger charge is 2.22. The lowest BCUT2D eigenvalue weighted by Gasteiger charge is -2.20. The minimum Gasteiger partial charge on any atom is -0.375 e. The van der Waals surface area contributed by atoms with Crippen LogP contribution in [-0.2, 0) is 6.54 Å². The van der Waals surface area contributed by atoms with Gasteiger partial charge in [0.2, 0.25) is 0 Å². The number of nitro groups is 1. The Balaban J connectivity index is 1.78. The van der Waals surface area contributed by atoms with Crippen LogP contribution in [0.25, 0.3) is 0 Å². The summed E-state index contributed by atoms with van der Waals surface area (Å²) in [5.41, 5.74) is 1.41. The van der Waals surface area contributed by atoms with E-state index in [1.54, 1.807) is 23.1 Å². The van der Waals surface area contributed by atoms with Crippen LogP contribution in [0.4, 0.5) is 11.4 Å². The zero-order valence-corrected chi connectivity index (χ0v) is 16.5. The van der Waals surface area contributed by atoms with E-state index in [1.807, 2.05) is 25.2 Å². The van der Waals surface area contributed by atoms with Gasteiger partial charge in [0.25, 0.3) is 11.6 Å². The van der Waals surface area contributed by atoms with Crippen molar-refractivity contribution in [3.63, 3.8) is 0 Å². The largest absolute Gasteiger partial charge is 0.375 e. The smallest absolute Gasteiger partial charge is 0.293 e. The third-order valence-corrected chi connectivity index (χ3v) is 5.24. The molecule has 1 fully saturated rings. The van der Waals surface area contributed by atoms with Crippen LogP contribution in [0.1, 0.15) is 22.3 Å². The highest BCUT2D eigenvalue weighted by molar-refractivity contribution is 6.31. The van der Waals surface area contributed by atoms with Crippen LogP contribution in [0.15, 0.2) is 42.5 Å². The Kier molecular flexibility index (Phi) is 6.49. The van der Waals surface area contributed by atoms with Crippen molar-refractivity contribution in [2.24, 2.45) is 0 Å². The van der Waals surface area contributed by atoms with Crippen molar-refractivity contribution in [3.05, 3.63) is 68.7 Å². The predicted molar refractivity (Wildman–Crippen MR) is 110 cm³/mol. The molecular weight excluding hydrogens is 380 g/mol. The molecule has 1 saturated heterocycles. The van der Waals surface area contributed by atoms with Gasteiger partial charge in [0.15, 0.2) is 0 Å². The second-order valence-electron chi connectivity index (χ2n) is 6.88. The van der Waals surface area contributed by atoms with Crippen molar-refractivity contribution < 1.29 is 9.72 Å². The Morgan fingerprint density at radius 2 is 1.96 bits per heavy atom.